The van der Waals surface area contributed by atoms with Crippen molar-refractivity contribution in [1.82, 2.24) is 29.4 Å². The molecule has 26 heavy (non-hydrogen) atoms. The normalized spacial score (nSPS) is 17.3. The van der Waals surface area contributed by atoms with Crippen LogP contribution in [0.5, 0.6) is 0 Å². The Morgan fingerprint density at radius 2 is 2.04 bits per heavy atom. The van der Waals surface area contributed by atoms with Gasteiger partial charge in [0.1, 0.15) is 5.82 Å². The minimum absolute atomic E-state index is 0.0496. The van der Waals surface area contributed by atoms with Crippen LogP contribution in [0.4, 0.5) is 0 Å². The number of hydrogen-bond donors (Lipinski definition) is 1. The fourth-order valence-electron chi connectivity index (χ4n) is 3.61. The zero-order chi connectivity index (χ0) is 17.7. The van der Waals surface area contributed by atoms with E-state index in [1.54, 1.807) is 14.1 Å². The van der Waals surface area contributed by atoms with E-state index in [1.165, 1.54) is 12.8 Å². The van der Waals surface area contributed by atoms with Crippen LogP contribution in [0.3, 0.4) is 0 Å². The molecule has 3 heterocycles. The molecule has 134 valence electrons. The van der Waals surface area contributed by atoms with E-state index in [1.807, 2.05) is 24.3 Å². The van der Waals surface area contributed by atoms with Gasteiger partial charge in [-0.3, -0.25) is 14.5 Å². The van der Waals surface area contributed by atoms with Crippen molar-refractivity contribution in [3.8, 4) is 0 Å². The van der Waals surface area contributed by atoms with Gasteiger partial charge in [0.05, 0.1) is 5.52 Å². The number of para-hydroxylation sites is 1. The molecule has 1 aromatic carbocycles. The molecule has 1 N–H and O–H groups in total. The predicted molar refractivity (Wildman–Crippen MR) is 94.9 cm³/mol. The van der Waals surface area contributed by atoms with Gasteiger partial charge in [-0.15, -0.1) is 0 Å². The average molecular weight is 352 g/mol. The first-order chi connectivity index (χ1) is 12.7. The summed E-state index contributed by atoms with van der Waals surface area (Å²) in [6.45, 7) is 2.23. The number of rotatable bonds is 3. The monoisotopic (exact) mass is 352 g/mol. The van der Waals surface area contributed by atoms with Crippen molar-refractivity contribution in [2.24, 2.45) is 5.92 Å². The lowest BCUT2D eigenvalue weighted by atomic mass is 10.2. The first-order valence-corrected chi connectivity index (χ1v) is 9.09. The molecule has 0 spiro atoms. The van der Waals surface area contributed by atoms with E-state index in [0.29, 0.717) is 37.7 Å². The summed E-state index contributed by atoms with van der Waals surface area (Å²) < 4.78 is 3.32. The molecule has 0 radical (unpaired) electrons. The Kier molecular flexibility index (Phi) is 3.44. The summed E-state index contributed by atoms with van der Waals surface area (Å²) in [6, 6.07) is 7.60. The first kappa shape index (κ1) is 15.4. The maximum Gasteiger partial charge on any atom is 0.345 e. The summed E-state index contributed by atoms with van der Waals surface area (Å²) in [5.41, 5.74) is 1.24. The number of hydrogen-bond acceptors (Lipinski definition) is 4. The minimum Gasteiger partial charge on any atom is -0.335 e. The summed E-state index contributed by atoms with van der Waals surface area (Å²) in [4.78, 5) is 27.3. The third-order valence-corrected chi connectivity index (χ3v) is 5.29. The van der Waals surface area contributed by atoms with Gasteiger partial charge in [-0.05, 0) is 24.8 Å². The molecular weight excluding hydrogens is 332 g/mol. The Morgan fingerprint density at radius 3 is 2.88 bits per heavy atom. The fourth-order valence-corrected chi connectivity index (χ4v) is 3.61. The zero-order valence-electron chi connectivity index (χ0n) is 14.4. The molecule has 2 aliphatic rings. The van der Waals surface area contributed by atoms with E-state index in [0.717, 1.165) is 23.3 Å². The van der Waals surface area contributed by atoms with Crippen molar-refractivity contribution in [3.05, 3.63) is 46.3 Å². The van der Waals surface area contributed by atoms with Crippen LogP contribution in [0.1, 0.15) is 29.2 Å². The predicted octanol–water partition coefficient (Wildman–Crippen LogP) is 1.03. The summed E-state index contributed by atoms with van der Waals surface area (Å²) >= 11 is 0. The van der Waals surface area contributed by atoms with Crippen LogP contribution in [-0.2, 0) is 19.5 Å². The molecule has 1 fully saturated rings. The fraction of sp³-hybridized carbons (Fsp3) is 0.444. The minimum atomic E-state index is -0.105. The average Bonchev–Trinajstić information content (AvgIpc) is 3.34. The Hall–Kier alpha value is -2.90. The van der Waals surface area contributed by atoms with Crippen molar-refractivity contribution in [2.45, 2.75) is 32.4 Å². The quantitative estimate of drug-likeness (QED) is 0.762. The van der Waals surface area contributed by atoms with Gasteiger partial charge >= 0.3 is 5.69 Å². The van der Waals surface area contributed by atoms with Crippen molar-refractivity contribution < 1.29 is 4.79 Å². The molecule has 0 saturated heterocycles. The van der Waals surface area contributed by atoms with Crippen LogP contribution in [0, 0.1) is 5.92 Å². The number of H-pyrrole nitrogens is 1. The molecular formula is C18H20N6O2. The molecule has 1 aliphatic heterocycles. The van der Waals surface area contributed by atoms with Crippen molar-refractivity contribution in [2.75, 3.05) is 13.1 Å². The Balaban J connectivity index is 1.37. The molecule has 8 nitrogen and oxygen atoms in total. The zero-order valence-corrected chi connectivity index (χ0v) is 14.4. The van der Waals surface area contributed by atoms with Crippen molar-refractivity contribution in [3.63, 3.8) is 0 Å². The van der Waals surface area contributed by atoms with Crippen LogP contribution in [0.2, 0.25) is 0 Å². The van der Waals surface area contributed by atoms with E-state index in [4.69, 9.17) is 0 Å². The highest BCUT2D eigenvalue weighted by molar-refractivity contribution is 6.04. The van der Waals surface area contributed by atoms with Crippen molar-refractivity contribution >= 4 is 16.8 Å². The number of amides is 1. The van der Waals surface area contributed by atoms with Crippen LogP contribution < -0.4 is 5.69 Å². The van der Waals surface area contributed by atoms with E-state index in [2.05, 4.69) is 15.3 Å². The van der Waals surface area contributed by atoms with Gasteiger partial charge in [0.2, 0.25) is 0 Å². The summed E-state index contributed by atoms with van der Waals surface area (Å²) in [5.74, 6) is 1.28. The molecule has 1 aliphatic carbocycles. The molecule has 1 saturated carbocycles. The number of fused-ring (bicyclic) bond motifs is 2. The van der Waals surface area contributed by atoms with Gasteiger partial charge in [-0.2, -0.15) is 10.2 Å². The molecule has 1 amide bonds. The van der Waals surface area contributed by atoms with Gasteiger partial charge in [0.25, 0.3) is 5.91 Å². The SMILES string of the molecule is O=C(c1n[nH]c2ccccc12)N1CCc2nn(CC3CC3)c(=O)n2CC1. The molecule has 8 heteroatoms. The van der Waals surface area contributed by atoms with Crippen molar-refractivity contribution in [1.29, 1.82) is 0 Å². The Morgan fingerprint density at radius 1 is 1.19 bits per heavy atom. The number of nitrogens with one attached hydrogen (secondary N) is 1. The van der Waals surface area contributed by atoms with Gasteiger partial charge in [0.15, 0.2) is 5.69 Å². The van der Waals surface area contributed by atoms with E-state index >= 15 is 0 Å². The first-order valence-electron chi connectivity index (χ1n) is 9.09. The number of carbonyl (C=O) groups is 1. The lowest BCUT2D eigenvalue weighted by molar-refractivity contribution is 0.0754. The van der Waals surface area contributed by atoms with Gasteiger partial charge < -0.3 is 4.90 Å². The molecule has 5 rings (SSSR count). The van der Waals surface area contributed by atoms with Gasteiger partial charge in [0, 0.05) is 38.0 Å². The lowest BCUT2D eigenvalue weighted by Crippen LogP contribution is -2.35. The number of carbonyl (C=O) groups excluding carboxylic acids is 1. The number of aromatic amines is 1. The summed E-state index contributed by atoms with van der Waals surface area (Å²) in [6.07, 6.45) is 2.96. The van der Waals surface area contributed by atoms with Crippen LogP contribution in [-0.4, -0.2) is 48.4 Å². The Labute approximate surface area is 149 Å². The second kappa shape index (κ2) is 5.82. The van der Waals surface area contributed by atoms with E-state index in [9.17, 15) is 9.59 Å². The number of benzene rings is 1. The summed E-state index contributed by atoms with van der Waals surface area (Å²) in [5, 5.41) is 12.4. The van der Waals surface area contributed by atoms with Crippen LogP contribution >= 0.6 is 0 Å². The largest absolute Gasteiger partial charge is 0.345 e. The van der Waals surface area contributed by atoms with Gasteiger partial charge in [-0.25, -0.2) is 9.48 Å². The van der Waals surface area contributed by atoms with Crippen LogP contribution in [0.15, 0.2) is 29.1 Å². The molecule has 2 aromatic heterocycles. The molecule has 0 bridgehead atoms. The third kappa shape index (κ3) is 2.53. The molecule has 0 unspecified atom stereocenters. The molecule has 0 atom stereocenters. The highest BCUT2D eigenvalue weighted by atomic mass is 16.2. The smallest absolute Gasteiger partial charge is 0.335 e. The number of nitrogens with zero attached hydrogens (tertiary/aromatic N) is 5. The molecule has 3 aromatic rings. The van der Waals surface area contributed by atoms with E-state index in [-0.39, 0.29) is 11.6 Å². The number of aromatic nitrogens is 5. The third-order valence-electron chi connectivity index (χ3n) is 5.29. The maximum atomic E-state index is 12.9. The second-order valence-electron chi connectivity index (χ2n) is 7.14. The van der Waals surface area contributed by atoms with E-state index < -0.39 is 0 Å². The maximum absolute atomic E-state index is 12.9. The highest BCUT2D eigenvalue weighted by Crippen LogP contribution is 2.29. The standard InChI is InChI=1S/C18H20N6O2/c25-17(16-13-3-1-2-4-14(13)19-20-16)22-8-7-15-21-24(11-12-5-6-12)18(26)23(15)10-9-22/h1-4,12H,5-11H2,(H,19,20). The Bertz CT molecular complexity index is 1040. The second-order valence-corrected chi connectivity index (χ2v) is 7.14. The van der Waals surface area contributed by atoms with Gasteiger partial charge in [-0.1, -0.05) is 18.2 Å². The summed E-state index contributed by atoms with van der Waals surface area (Å²) in [7, 11) is 0. The lowest BCUT2D eigenvalue weighted by Gasteiger charge is -2.18. The topological polar surface area (TPSA) is 88.8 Å². The van der Waals surface area contributed by atoms with Crippen LogP contribution in [0.25, 0.3) is 10.9 Å². The highest BCUT2D eigenvalue weighted by Gasteiger charge is 2.28.